The van der Waals surface area contributed by atoms with E-state index in [0.29, 0.717) is 50.1 Å². The fraction of sp³-hybridized carbons (Fsp3) is 0.647. The Morgan fingerprint density at radius 3 is 2.58 bits per heavy atom. The van der Waals surface area contributed by atoms with E-state index in [4.69, 9.17) is 4.74 Å². The zero-order valence-electron chi connectivity index (χ0n) is 15.7. The first-order chi connectivity index (χ1) is 12.3. The molecule has 1 saturated heterocycles. The Labute approximate surface area is 153 Å². The molecule has 144 valence electrons. The highest BCUT2D eigenvalue weighted by molar-refractivity contribution is 5.84. The molecule has 1 aliphatic rings. The van der Waals surface area contributed by atoms with Gasteiger partial charge in [0.2, 0.25) is 11.9 Å². The molecule has 1 unspecified atom stereocenters. The number of carbonyl (C=O) groups is 2. The zero-order chi connectivity index (χ0) is 19.3. The van der Waals surface area contributed by atoms with E-state index in [9.17, 15) is 14.7 Å². The molecular formula is C17H27N5O4. The molecule has 1 aromatic rings. The predicted octanol–water partition coefficient (Wildman–Crippen LogP) is 0.612. The topological polar surface area (TPSA) is 117 Å². The zero-order valence-corrected chi connectivity index (χ0v) is 15.7. The van der Waals surface area contributed by atoms with E-state index in [-0.39, 0.29) is 5.91 Å². The van der Waals surface area contributed by atoms with Crippen molar-refractivity contribution in [2.75, 3.05) is 43.6 Å². The Kier molecular flexibility index (Phi) is 6.36. The van der Waals surface area contributed by atoms with Crippen molar-refractivity contribution in [1.82, 2.24) is 15.3 Å². The molecule has 1 atom stereocenters. The number of ether oxygens (including phenoxy) is 1. The monoisotopic (exact) mass is 365 g/mol. The van der Waals surface area contributed by atoms with E-state index in [1.807, 2.05) is 11.8 Å². The van der Waals surface area contributed by atoms with Gasteiger partial charge in [-0.3, -0.25) is 9.59 Å². The van der Waals surface area contributed by atoms with Gasteiger partial charge in [0.25, 0.3) is 0 Å². The first-order valence-corrected chi connectivity index (χ1v) is 8.73. The highest BCUT2D eigenvalue weighted by Crippen LogP contribution is 2.32. The van der Waals surface area contributed by atoms with Crippen molar-refractivity contribution in [2.24, 2.45) is 0 Å². The largest absolute Gasteiger partial charge is 0.481 e. The van der Waals surface area contributed by atoms with Gasteiger partial charge in [0.15, 0.2) is 0 Å². The molecule has 1 fully saturated rings. The molecular weight excluding hydrogens is 338 g/mol. The summed E-state index contributed by atoms with van der Waals surface area (Å²) in [5.41, 5.74) is -0.609. The SMILES string of the molecule is CCC(Nc1ncc(C(C)(C)C(=O)O)c(N2CCOCC2)n1)C(=O)NC. The Morgan fingerprint density at radius 2 is 2.04 bits per heavy atom. The van der Waals surface area contributed by atoms with Crippen LogP contribution in [0.25, 0.3) is 0 Å². The second kappa shape index (κ2) is 8.31. The number of anilines is 2. The number of carboxylic acid groups (broad SMARTS) is 1. The lowest BCUT2D eigenvalue weighted by atomic mass is 9.85. The Morgan fingerprint density at radius 1 is 1.38 bits per heavy atom. The van der Waals surface area contributed by atoms with Crippen molar-refractivity contribution in [3.8, 4) is 0 Å². The highest BCUT2D eigenvalue weighted by atomic mass is 16.5. The maximum absolute atomic E-state index is 11.9. The van der Waals surface area contributed by atoms with Crippen LogP contribution in [0.1, 0.15) is 32.8 Å². The van der Waals surface area contributed by atoms with Crippen molar-refractivity contribution in [2.45, 2.75) is 38.6 Å². The molecule has 0 radical (unpaired) electrons. The minimum atomic E-state index is -1.14. The Balaban J connectivity index is 2.41. The van der Waals surface area contributed by atoms with Crippen LogP contribution in [0, 0.1) is 0 Å². The number of likely N-dealkylation sites (N-methyl/N-ethyl adjacent to an activating group) is 1. The molecule has 2 rings (SSSR count). The van der Waals surface area contributed by atoms with Crippen LogP contribution >= 0.6 is 0 Å². The number of rotatable bonds is 7. The van der Waals surface area contributed by atoms with E-state index in [1.165, 1.54) is 6.20 Å². The number of aromatic nitrogens is 2. The number of hydrogen-bond donors (Lipinski definition) is 3. The lowest BCUT2D eigenvalue weighted by molar-refractivity contribution is -0.142. The molecule has 9 heteroatoms. The molecule has 1 aliphatic heterocycles. The fourth-order valence-electron chi connectivity index (χ4n) is 2.70. The van der Waals surface area contributed by atoms with Crippen LogP contribution in [0.3, 0.4) is 0 Å². The minimum absolute atomic E-state index is 0.154. The van der Waals surface area contributed by atoms with Crippen molar-refractivity contribution >= 4 is 23.6 Å². The first kappa shape index (κ1) is 19.9. The van der Waals surface area contributed by atoms with Crippen LogP contribution in [0.2, 0.25) is 0 Å². The second-order valence-electron chi connectivity index (χ2n) is 6.68. The molecule has 0 saturated carbocycles. The van der Waals surface area contributed by atoms with Crippen LogP contribution in [0.5, 0.6) is 0 Å². The highest BCUT2D eigenvalue weighted by Gasteiger charge is 2.35. The first-order valence-electron chi connectivity index (χ1n) is 8.73. The van der Waals surface area contributed by atoms with Crippen LogP contribution in [-0.4, -0.2) is 66.3 Å². The van der Waals surface area contributed by atoms with Crippen molar-refractivity contribution in [1.29, 1.82) is 0 Å². The van der Waals surface area contributed by atoms with Crippen LogP contribution in [0.4, 0.5) is 11.8 Å². The number of nitrogens with zero attached hydrogens (tertiary/aromatic N) is 3. The lowest BCUT2D eigenvalue weighted by Gasteiger charge is -2.32. The van der Waals surface area contributed by atoms with E-state index < -0.39 is 17.4 Å². The second-order valence-corrected chi connectivity index (χ2v) is 6.68. The number of amides is 1. The Hall–Kier alpha value is -2.42. The third-order valence-electron chi connectivity index (χ3n) is 4.56. The predicted molar refractivity (Wildman–Crippen MR) is 97.5 cm³/mol. The van der Waals surface area contributed by atoms with E-state index in [2.05, 4.69) is 20.6 Å². The van der Waals surface area contributed by atoms with Crippen LogP contribution in [0.15, 0.2) is 6.20 Å². The van der Waals surface area contributed by atoms with Crippen LogP contribution < -0.4 is 15.5 Å². The summed E-state index contributed by atoms with van der Waals surface area (Å²) in [6.45, 7) is 7.48. The lowest BCUT2D eigenvalue weighted by Crippen LogP contribution is -2.41. The molecule has 0 aromatic carbocycles. The van der Waals surface area contributed by atoms with Gasteiger partial charge in [-0.1, -0.05) is 6.92 Å². The van der Waals surface area contributed by atoms with Gasteiger partial charge in [0.05, 0.1) is 18.6 Å². The van der Waals surface area contributed by atoms with Gasteiger partial charge in [-0.15, -0.1) is 0 Å². The fourth-order valence-corrected chi connectivity index (χ4v) is 2.70. The molecule has 9 nitrogen and oxygen atoms in total. The summed E-state index contributed by atoms with van der Waals surface area (Å²) in [4.78, 5) is 34.5. The summed E-state index contributed by atoms with van der Waals surface area (Å²) in [6.07, 6.45) is 2.10. The summed E-state index contributed by atoms with van der Waals surface area (Å²) in [7, 11) is 1.57. The summed E-state index contributed by atoms with van der Waals surface area (Å²) in [6, 6.07) is -0.462. The van der Waals surface area contributed by atoms with Crippen molar-refractivity contribution in [3.05, 3.63) is 11.8 Å². The molecule has 0 bridgehead atoms. The van der Waals surface area contributed by atoms with Crippen molar-refractivity contribution < 1.29 is 19.4 Å². The van der Waals surface area contributed by atoms with E-state index >= 15 is 0 Å². The van der Waals surface area contributed by atoms with Gasteiger partial charge >= 0.3 is 5.97 Å². The molecule has 1 amide bonds. The summed E-state index contributed by atoms with van der Waals surface area (Å²) < 4.78 is 5.38. The number of aliphatic carboxylic acids is 1. The van der Waals surface area contributed by atoms with E-state index in [1.54, 1.807) is 20.9 Å². The minimum Gasteiger partial charge on any atom is -0.481 e. The molecule has 3 N–H and O–H groups in total. The quantitative estimate of drug-likeness (QED) is 0.644. The maximum Gasteiger partial charge on any atom is 0.313 e. The van der Waals surface area contributed by atoms with Gasteiger partial charge in [-0.25, -0.2) is 4.98 Å². The maximum atomic E-state index is 11.9. The average Bonchev–Trinajstić information content (AvgIpc) is 2.65. The number of hydrogen-bond acceptors (Lipinski definition) is 7. The van der Waals surface area contributed by atoms with E-state index in [0.717, 1.165) is 0 Å². The summed E-state index contributed by atoms with van der Waals surface area (Å²) in [5, 5.41) is 15.2. The molecule has 1 aromatic heterocycles. The van der Waals surface area contributed by atoms with Gasteiger partial charge in [-0.05, 0) is 20.3 Å². The normalized spacial score (nSPS) is 16.1. The third kappa shape index (κ3) is 4.21. The van der Waals surface area contributed by atoms with Gasteiger partial charge in [0, 0.05) is 31.9 Å². The molecule has 26 heavy (non-hydrogen) atoms. The number of morpholine rings is 1. The Bertz CT molecular complexity index is 659. The van der Waals surface area contributed by atoms with Gasteiger partial charge in [0.1, 0.15) is 11.9 Å². The summed E-state index contributed by atoms with van der Waals surface area (Å²) >= 11 is 0. The molecule has 2 heterocycles. The number of nitrogens with one attached hydrogen (secondary N) is 2. The third-order valence-corrected chi connectivity index (χ3v) is 4.56. The van der Waals surface area contributed by atoms with Gasteiger partial charge < -0.3 is 25.4 Å². The van der Waals surface area contributed by atoms with Crippen LogP contribution in [-0.2, 0) is 19.7 Å². The smallest absolute Gasteiger partial charge is 0.313 e. The average molecular weight is 365 g/mol. The molecule has 0 spiro atoms. The number of carboxylic acids is 1. The number of carbonyl (C=O) groups excluding carboxylic acids is 1. The van der Waals surface area contributed by atoms with Gasteiger partial charge in [-0.2, -0.15) is 4.98 Å². The molecule has 0 aliphatic carbocycles. The standard InChI is InChI=1S/C17H27N5O4/c1-5-12(14(23)18-4)20-16-19-10-11(17(2,3)15(24)25)13(21-16)22-6-8-26-9-7-22/h10,12H,5-9H2,1-4H3,(H,18,23)(H,24,25)(H,19,20,21). The summed E-state index contributed by atoms with van der Waals surface area (Å²) in [5.74, 6) is -0.246. The van der Waals surface area contributed by atoms with Crippen molar-refractivity contribution in [3.63, 3.8) is 0 Å².